The number of amides is 1. The second kappa shape index (κ2) is 13.7. The van der Waals surface area contributed by atoms with Crippen molar-refractivity contribution in [2.75, 3.05) is 25.1 Å². The van der Waals surface area contributed by atoms with Crippen LogP contribution in [0.2, 0.25) is 0 Å². The maximum Gasteiger partial charge on any atom is 0.407 e. The van der Waals surface area contributed by atoms with Crippen LogP contribution in [0.3, 0.4) is 0 Å². The fraction of sp³-hybridized carbons (Fsp3) is 0.889. The van der Waals surface area contributed by atoms with Gasteiger partial charge in [0.25, 0.3) is 0 Å². The van der Waals surface area contributed by atoms with Crippen molar-refractivity contribution in [3.8, 4) is 0 Å². The molecule has 3 N–H and O–H groups in total. The van der Waals surface area contributed by atoms with Gasteiger partial charge in [0.2, 0.25) is 0 Å². The molecule has 0 aromatic carbocycles. The van der Waals surface area contributed by atoms with Crippen molar-refractivity contribution in [1.82, 2.24) is 16.0 Å². The Kier molecular flexibility index (Phi) is 13.5. The zero-order chi connectivity index (χ0) is 18.7. The van der Waals surface area contributed by atoms with Crippen molar-refractivity contribution < 1.29 is 9.53 Å². The van der Waals surface area contributed by atoms with Crippen LogP contribution in [0, 0.1) is 0 Å². The van der Waals surface area contributed by atoms with Crippen LogP contribution in [0.4, 0.5) is 4.79 Å². The summed E-state index contributed by atoms with van der Waals surface area (Å²) in [6.45, 7) is 9.45. The molecule has 1 aliphatic rings. The Morgan fingerprint density at radius 3 is 2.23 bits per heavy atom. The largest absolute Gasteiger partial charge is 0.444 e. The lowest BCUT2D eigenvalue weighted by molar-refractivity contribution is 0.0490. The normalized spacial score (nSPS) is 20.7. The molecular weight excluding hydrogens is 463 g/mol. The van der Waals surface area contributed by atoms with Gasteiger partial charge in [-0.05, 0) is 71.8 Å². The number of guanidine groups is 1. The Labute approximate surface area is 180 Å². The highest BCUT2D eigenvalue weighted by Gasteiger charge is 2.25. The number of alkyl carbamates (subject to hydrolysis) is 1. The number of aliphatic imine (C=N–C) groups is 1. The third kappa shape index (κ3) is 12.1. The average Bonchev–Trinajstić information content (AvgIpc) is 2.51. The van der Waals surface area contributed by atoms with Crippen molar-refractivity contribution in [3.05, 3.63) is 0 Å². The lowest BCUT2D eigenvalue weighted by atomic mass is 9.91. The van der Waals surface area contributed by atoms with E-state index in [1.165, 1.54) is 0 Å². The van der Waals surface area contributed by atoms with Crippen LogP contribution in [0.1, 0.15) is 59.8 Å². The van der Waals surface area contributed by atoms with Crippen LogP contribution in [0.25, 0.3) is 0 Å². The number of nitrogens with one attached hydrogen (secondary N) is 3. The van der Waals surface area contributed by atoms with Crippen LogP contribution in [-0.2, 0) is 4.74 Å². The van der Waals surface area contributed by atoms with Gasteiger partial charge in [-0.2, -0.15) is 11.8 Å². The molecule has 8 heteroatoms. The van der Waals surface area contributed by atoms with E-state index in [9.17, 15) is 4.79 Å². The van der Waals surface area contributed by atoms with Crippen molar-refractivity contribution in [3.63, 3.8) is 0 Å². The number of rotatable bonds is 7. The molecule has 0 bridgehead atoms. The summed E-state index contributed by atoms with van der Waals surface area (Å²) in [4.78, 5) is 16.5. The van der Waals surface area contributed by atoms with Gasteiger partial charge < -0.3 is 20.7 Å². The molecule has 0 unspecified atom stereocenters. The molecule has 0 radical (unpaired) electrons. The lowest BCUT2D eigenvalue weighted by Crippen LogP contribution is -2.48. The van der Waals surface area contributed by atoms with Gasteiger partial charge in [0.15, 0.2) is 5.96 Å². The van der Waals surface area contributed by atoms with Crippen molar-refractivity contribution in [1.29, 1.82) is 0 Å². The summed E-state index contributed by atoms with van der Waals surface area (Å²) in [5.74, 6) is 2.05. The summed E-state index contributed by atoms with van der Waals surface area (Å²) in [5.41, 5.74) is -0.448. The van der Waals surface area contributed by atoms with E-state index in [0.29, 0.717) is 6.04 Å². The number of halogens is 1. The van der Waals surface area contributed by atoms with Gasteiger partial charge in [-0.25, -0.2) is 4.79 Å². The third-order valence-electron chi connectivity index (χ3n) is 3.91. The minimum atomic E-state index is -0.448. The highest BCUT2D eigenvalue weighted by Crippen LogP contribution is 2.19. The van der Waals surface area contributed by atoms with Gasteiger partial charge in [0.05, 0.1) is 0 Å². The van der Waals surface area contributed by atoms with Crippen LogP contribution in [0.5, 0.6) is 0 Å². The molecule has 1 rings (SSSR count). The van der Waals surface area contributed by atoms with Crippen LogP contribution >= 0.6 is 35.7 Å². The summed E-state index contributed by atoms with van der Waals surface area (Å²) >= 11 is 1.86. The number of ether oxygens (including phenoxy) is 1. The number of hydrogen-bond donors (Lipinski definition) is 3. The average molecular weight is 500 g/mol. The van der Waals surface area contributed by atoms with E-state index in [1.807, 2.05) is 32.5 Å². The Morgan fingerprint density at radius 1 is 1.15 bits per heavy atom. The second-order valence-corrected chi connectivity index (χ2v) is 8.43. The number of hydrogen-bond acceptors (Lipinski definition) is 4. The molecule has 1 aliphatic carbocycles. The zero-order valence-corrected chi connectivity index (χ0v) is 20.0. The Bertz CT molecular complexity index is 422. The predicted octanol–water partition coefficient (Wildman–Crippen LogP) is 3.75. The fourth-order valence-corrected chi connectivity index (χ4v) is 3.19. The highest BCUT2D eigenvalue weighted by molar-refractivity contribution is 14.0. The summed E-state index contributed by atoms with van der Waals surface area (Å²) in [6.07, 6.45) is 6.88. The highest BCUT2D eigenvalue weighted by atomic mass is 127. The SMILES string of the molecule is CCNC(=NCCCSC)NC1CCC(NC(=O)OC(C)(C)C)CC1.I. The van der Waals surface area contributed by atoms with E-state index >= 15 is 0 Å². The van der Waals surface area contributed by atoms with Gasteiger partial charge in [0.1, 0.15) is 5.60 Å². The van der Waals surface area contributed by atoms with Crippen LogP contribution < -0.4 is 16.0 Å². The Hall–Kier alpha value is -0.380. The standard InChI is InChI=1S/C18H36N4O2S.HI/c1-6-19-16(20-12-7-13-25-5)21-14-8-10-15(11-9-14)22-17(23)24-18(2,3)4;/h14-15H,6-13H2,1-5H3,(H,22,23)(H2,19,20,21);1H. The second-order valence-electron chi connectivity index (χ2n) is 7.45. The number of carbonyl (C=O) groups excluding carboxylic acids is 1. The molecule has 0 aromatic heterocycles. The van der Waals surface area contributed by atoms with Crippen LogP contribution in [0.15, 0.2) is 4.99 Å². The first-order valence-corrected chi connectivity index (χ1v) is 10.8. The molecular formula is C18H37IN4O2S. The molecule has 6 nitrogen and oxygen atoms in total. The number of carbonyl (C=O) groups is 1. The quantitative estimate of drug-likeness (QED) is 0.215. The molecule has 1 fully saturated rings. The summed E-state index contributed by atoms with van der Waals surface area (Å²) < 4.78 is 5.33. The van der Waals surface area contributed by atoms with E-state index in [1.54, 1.807) is 0 Å². The molecule has 0 aliphatic heterocycles. The first-order valence-electron chi connectivity index (χ1n) is 9.37. The van der Waals surface area contributed by atoms with Crippen molar-refractivity contribution in [2.24, 2.45) is 4.99 Å². The Morgan fingerprint density at radius 2 is 1.73 bits per heavy atom. The van der Waals surface area contributed by atoms with Gasteiger partial charge in [-0.15, -0.1) is 24.0 Å². The number of thioether (sulfide) groups is 1. The van der Waals surface area contributed by atoms with E-state index in [2.05, 4.69) is 34.1 Å². The zero-order valence-electron chi connectivity index (χ0n) is 16.9. The van der Waals surface area contributed by atoms with E-state index in [4.69, 9.17) is 4.74 Å². The van der Waals surface area contributed by atoms with Crippen molar-refractivity contribution >= 4 is 47.8 Å². The molecule has 154 valence electrons. The van der Waals surface area contributed by atoms with E-state index < -0.39 is 5.60 Å². The van der Waals surface area contributed by atoms with Crippen LogP contribution in [-0.4, -0.2) is 54.8 Å². The van der Waals surface area contributed by atoms with Crippen molar-refractivity contribution in [2.45, 2.75) is 77.5 Å². The minimum Gasteiger partial charge on any atom is -0.444 e. The Balaban J connectivity index is 0.00000625. The topological polar surface area (TPSA) is 74.8 Å². The third-order valence-corrected chi connectivity index (χ3v) is 4.61. The first-order chi connectivity index (χ1) is 11.8. The van der Waals surface area contributed by atoms with Gasteiger partial charge in [-0.3, -0.25) is 4.99 Å². The van der Waals surface area contributed by atoms with E-state index in [0.717, 1.165) is 56.9 Å². The van der Waals surface area contributed by atoms with E-state index in [-0.39, 0.29) is 36.1 Å². The molecule has 0 spiro atoms. The molecule has 0 aromatic rings. The molecule has 0 heterocycles. The molecule has 1 amide bonds. The monoisotopic (exact) mass is 500 g/mol. The summed E-state index contributed by atoms with van der Waals surface area (Å²) in [6, 6.07) is 0.615. The summed E-state index contributed by atoms with van der Waals surface area (Å²) in [7, 11) is 0. The first kappa shape index (κ1) is 25.6. The van der Waals surface area contributed by atoms with Gasteiger partial charge in [0, 0.05) is 25.2 Å². The van der Waals surface area contributed by atoms with Gasteiger partial charge >= 0.3 is 6.09 Å². The number of nitrogens with zero attached hydrogens (tertiary/aromatic N) is 1. The van der Waals surface area contributed by atoms with Gasteiger partial charge in [-0.1, -0.05) is 0 Å². The maximum absolute atomic E-state index is 11.9. The summed E-state index contributed by atoms with van der Waals surface area (Å²) in [5, 5.41) is 9.84. The lowest BCUT2D eigenvalue weighted by Gasteiger charge is -2.31. The minimum absolute atomic E-state index is 0. The predicted molar refractivity (Wildman–Crippen MR) is 123 cm³/mol. The molecule has 0 atom stereocenters. The molecule has 26 heavy (non-hydrogen) atoms. The molecule has 0 saturated heterocycles. The maximum atomic E-state index is 11.9. The smallest absolute Gasteiger partial charge is 0.407 e. The molecule has 1 saturated carbocycles. The fourth-order valence-electron chi connectivity index (χ4n) is 2.77.